The predicted octanol–water partition coefficient (Wildman–Crippen LogP) is 3.91. The van der Waals surface area contributed by atoms with Gasteiger partial charge < -0.3 is 19.1 Å². The van der Waals surface area contributed by atoms with Gasteiger partial charge in [-0.3, -0.25) is 4.79 Å². The fourth-order valence-corrected chi connectivity index (χ4v) is 2.49. The summed E-state index contributed by atoms with van der Waals surface area (Å²) in [4.78, 5) is 13.8. The van der Waals surface area contributed by atoms with Gasteiger partial charge in [0.05, 0.1) is 25.8 Å². The first-order valence-electron chi connectivity index (χ1n) is 8.08. The van der Waals surface area contributed by atoms with Crippen LogP contribution in [-0.4, -0.2) is 45.2 Å². The van der Waals surface area contributed by atoms with Crippen molar-refractivity contribution in [3.05, 3.63) is 59.1 Å². The molecule has 1 amide bonds. The number of likely N-dealkylation sites (N-methyl/N-ethyl adjacent to an activating group) is 1. The van der Waals surface area contributed by atoms with Crippen LogP contribution in [0.2, 0.25) is 5.02 Å². The van der Waals surface area contributed by atoms with Crippen LogP contribution in [-0.2, 0) is 4.79 Å². The lowest BCUT2D eigenvalue weighted by Gasteiger charge is -2.16. The highest BCUT2D eigenvalue weighted by Crippen LogP contribution is 2.31. The lowest BCUT2D eigenvalue weighted by molar-refractivity contribution is -0.125. The fraction of sp³-hybridized carbons (Fsp3) is 0.250. The Morgan fingerprint density at radius 3 is 2.50 bits per heavy atom. The minimum Gasteiger partial charge on any atom is -0.493 e. The highest BCUT2D eigenvalue weighted by molar-refractivity contribution is 6.32. The van der Waals surface area contributed by atoms with Crippen molar-refractivity contribution in [1.82, 2.24) is 4.90 Å². The van der Waals surface area contributed by atoms with Crippen LogP contribution in [0.25, 0.3) is 6.08 Å². The highest BCUT2D eigenvalue weighted by Gasteiger charge is 2.09. The number of hydrogen-bond acceptors (Lipinski definition) is 4. The van der Waals surface area contributed by atoms with Gasteiger partial charge in [0.15, 0.2) is 11.5 Å². The summed E-state index contributed by atoms with van der Waals surface area (Å²) in [7, 11) is 4.85. The molecule has 0 atom stereocenters. The van der Waals surface area contributed by atoms with Crippen LogP contribution < -0.4 is 14.2 Å². The SMILES string of the molecule is COc1cccc(/C=C/C(=O)N(C)CCOc2ccccc2Cl)c1OC. The van der Waals surface area contributed by atoms with Gasteiger partial charge in [-0.2, -0.15) is 0 Å². The average molecular weight is 376 g/mol. The van der Waals surface area contributed by atoms with Gasteiger partial charge >= 0.3 is 0 Å². The Hall–Kier alpha value is -2.66. The van der Waals surface area contributed by atoms with Gasteiger partial charge in [-0.15, -0.1) is 0 Å². The van der Waals surface area contributed by atoms with Crippen molar-refractivity contribution in [2.45, 2.75) is 0 Å². The molecule has 0 aromatic heterocycles. The van der Waals surface area contributed by atoms with Crippen LogP contribution in [0.15, 0.2) is 48.5 Å². The van der Waals surface area contributed by atoms with E-state index in [2.05, 4.69) is 0 Å². The van der Waals surface area contributed by atoms with Crippen molar-refractivity contribution in [3.8, 4) is 17.2 Å². The summed E-state index contributed by atoms with van der Waals surface area (Å²) in [5, 5.41) is 0.548. The molecular weight excluding hydrogens is 354 g/mol. The molecule has 0 N–H and O–H groups in total. The van der Waals surface area contributed by atoms with E-state index >= 15 is 0 Å². The van der Waals surface area contributed by atoms with Crippen LogP contribution in [0.4, 0.5) is 0 Å². The molecule has 5 nitrogen and oxygen atoms in total. The third-order valence-electron chi connectivity index (χ3n) is 3.74. The number of amides is 1. The van der Waals surface area contributed by atoms with E-state index in [1.165, 1.54) is 6.08 Å². The number of ether oxygens (including phenoxy) is 3. The first-order chi connectivity index (χ1) is 12.6. The van der Waals surface area contributed by atoms with Crippen LogP contribution >= 0.6 is 11.6 Å². The Kier molecular flexibility index (Phi) is 7.36. The number of hydrogen-bond donors (Lipinski definition) is 0. The van der Waals surface area contributed by atoms with Crippen molar-refractivity contribution in [2.75, 3.05) is 34.4 Å². The van der Waals surface area contributed by atoms with Crippen molar-refractivity contribution < 1.29 is 19.0 Å². The van der Waals surface area contributed by atoms with Gasteiger partial charge in [0.2, 0.25) is 5.91 Å². The predicted molar refractivity (Wildman–Crippen MR) is 103 cm³/mol. The van der Waals surface area contributed by atoms with Crippen molar-refractivity contribution in [3.63, 3.8) is 0 Å². The Bertz CT molecular complexity index is 776. The van der Waals surface area contributed by atoms with Gasteiger partial charge in [0.25, 0.3) is 0 Å². The zero-order valence-electron chi connectivity index (χ0n) is 15.1. The van der Waals surface area contributed by atoms with E-state index in [4.69, 9.17) is 25.8 Å². The van der Waals surface area contributed by atoms with Crippen LogP contribution in [0.1, 0.15) is 5.56 Å². The fourth-order valence-electron chi connectivity index (χ4n) is 2.30. The minimum absolute atomic E-state index is 0.141. The number of para-hydroxylation sites is 2. The van der Waals surface area contributed by atoms with Crippen LogP contribution in [0.3, 0.4) is 0 Å². The minimum atomic E-state index is -0.141. The number of carbonyl (C=O) groups is 1. The van der Waals surface area contributed by atoms with Gasteiger partial charge in [-0.25, -0.2) is 0 Å². The maximum absolute atomic E-state index is 12.3. The molecule has 2 rings (SSSR count). The molecule has 0 radical (unpaired) electrons. The number of carbonyl (C=O) groups excluding carboxylic acids is 1. The Labute approximate surface area is 158 Å². The third-order valence-corrected chi connectivity index (χ3v) is 4.05. The van der Waals surface area contributed by atoms with Crippen molar-refractivity contribution in [1.29, 1.82) is 0 Å². The van der Waals surface area contributed by atoms with Gasteiger partial charge in [-0.1, -0.05) is 35.9 Å². The second-order valence-electron chi connectivity index (χ2n) is 5.45. The molecule has 0 heterocycles. The zero-order valence-corrected chi connectivity index (χ0v) is 15.8. The Morgan fingerprint density at radius 1 is 1.08 bits per heavy atom. The molecule has 0 spiro atoms. The lowest BCUT2D eigenvalue weighted by Crippen LogP contribution is -2.29. The zero-order chi connectivity index (χ0) is 18.9. The molecule has 0 unspecified atom stereocenters. The summed E-state index contributed by atoms with van der Waals surface area (Å²) in [5.74, 6) is 1.66. The number of benzene rings is 2. The first kappa shape index (κ1) is 19.7. The molecule has 26 heavy (non-hydrogen) atoms. The van der Waals surface area contributed by atoms with E-state index in [0.29, 0.717) is 35.4 Å². The van der Waals surface area contributed by atoms with E-state index in [1.54, 1.807) is 50.4 Å². The molecule has 0 aliphatic heterocycles. The molecule has 2 aromatic rings. The van der Waals surface area contributed by atoms with Crippen molar-refractivity contribution in [2.24, 2.45) is 0 Å². The monoisotopic (exact) mass is 375 g/mol. The number of rotatable bonds is 8. The quantitative estimate of drug-likeness (QED) is 0.656. The van der Waals surface area contributed by atoms with E-state index in [1.807, 2.05) is 24.3 Å². The topological polar surface area (TPSA) is 48.0 Å². The lowest BCUT2D eigenvalue weighted by atomic mass is 10.1. The number of nitrogens with zero attached hydrogens (tertiary/aromatic N) is 1. The molecule has 0 bridgehead atoms. The van der Waals surface area contributed by atoms with E-state index in [9.17, 15) is 4.79 Å². The molecule has 0 fully saturated rings. The molecule has 138 valence electrons. The van der Waals surface area contributed by atoms with Crippen LogP contribution in [0, 0.1) is 0 Å². The smallest absolute Gasteiger partial charge is 0.246 e. The number of halogens is 1. The van der Waals surface area contributed by atoms with E-state index in [-0.39, 0.29) is 5.91 Å². The Morgan fingerprint density at radius 2 is 1.81 bits per heavy atom. The summed E-state index contributed by atoms with van der Waals surface area (Å²) in [6.45, 7) is 0.784. The molecule has 0 aliphatic rings. The summed E-state index contributed by atoms with van der Waals surface area (Å²) in [5.41, 5.74) is 0.765. The standard InChI is InChI=1S/C20H22ClNO4/c1-22(13-14-26-17-9-5-4-8-16(17)21)19(23)12-11-15-7-6-10-18(24-2)20(15)25-3/h4-12H,13-14H2,1-3H3/b12-11+. The molecule has 0 saturated carbocycles. The van der Waals surface area contributed by atoms with Crippen molar-refractivity contribution >= 4 is 23.6 Å². The maximum atomic E-state index is 12.3. The molecule has 6 heteroatoms. The third kappa shape index (κ3) is 5.17. The van der Waals surface area contributed by atoms with Crippen LogP contribution in [0.5, 0.6) is 17.2 Å². The average Bonchev–Trinajstić information content (AvgIpc) is 2.66. The Balaban J connectivity index is 1.93. The second kappa shape index (κ2) is 9.73. The second-order valence-corrected chi connectivity index (χ2v) is 5.86. The largest absolute Gasteiger partial charge is 0.493 e. The summed E-state index contributed by atoms with van der Waals surface area (Å²) >= 11 is 6.03. The number of methoxy groups -OCH3 is 2. The molecular formula is C20H22ClNO4. The molecule has 2 aromatic carbocycles. The van der Waals surface area contributed by atoms with E-state index < -0.39 is 0 Å². The summed E-state index contributed by atoms with van der Waals surface area (Å²) < 4.78 is 16.2. The van der Waals surface area contributed by atoms with Gasteiger partial charge in [0, 0.05) is 18.7 Å². The molecule has 0 aliphatic carbocycles. The highest BCUT2D eigenvalue weighted by atomic mass is 35.5. The molecule has 0 saturated heterocycles. The van der Waals surface area contributed by atoms with Gasteiger partial charge in [0.1, 0.15) is 12.4 Å². The summed E-state index contributed by atoms with van der Waals surface area (Å²) in [6.07, 6.45) is 3.20. The van der Waals surface area contributed by atoms with Gasteiger partial charge in [-0.05, 0) is 24.3 Å². The van der Waals surface area contributed by atoms with E-state index in [0.717, 1.165) is 5.56 Å². The normalized spacial score (nSPS) is 10.6. The first-order valence-corrected chi connectivity index (χ1v) is 8.46. The summed E-state index contributed by atoms with van der Waals surface area (Å²) in [6, 6.07) is 12.7. The maximum Gasteiger partial charge on any atom is 0.246 e.